The molecule has 25 heavy (non-hydrogen) atoms. The summed E-state index contributed by atoms with van der Waals surface area (Å²) in [5.41, 5.74) is 0. The molecular weight excluding hydrogens is 343 g/mol. The van der Waals surface area contributed by atoms with E-state index in [1.165, 1.54) is 12.5 Å². The lowest BCUT2D eigenvalue weighted by molar-refractivity contribution is -0.921. The second-order valence-electron chi connectivity index (χ2n) is 5.29. The summed E-state index contributed by atoms with van der Waals surface area (Å²) in [5.74, 6) is 0.527. The molecule has 0 spiro atoms. The number of rotatable bonds is 7. The molecule has 0 unspecified atom stereocenters. The van der Waals surface area contributed by atoms with E-state index in [4.69, 9.17) is 8.83 Å². The number of halogens is 3. The zero-order chi connectivity index (χ0) is 18.3. The van der Waals surface area contributed by atoms with Crippen LogP contribution < -0.4 is 15.5 Å². The minimum absolute atomic E-state index is 0.152. The number of carbonyl (C=O) groups is 2. The molecule has 0 aliphatic carbocycles. The van der Waals surface area contributed by atoms with Gasteiger partial charge in [0.2, 0.25) is 0 Å². The van der Waals surface area contributed by atoms with Crippen LogP contribution in [-0.2, 0) is 17.9 Å². The first-order valence-electron chi connectivity index (χ1n) is 7.34. The smallest absolute Gasteiger partial charge is 0.405 e. The zero-order valence-electron chi connectivity index (χ0n) is 13.1. The van der Waals surface area contributed by atoms with Gasteiger partial charge in [0, 0.05) is 0 Å². The summed E-state index contributed by atoms with van der Waals surface area (Å²) < 4.78 is 46.6. The fraction of sp³-hybridized carbons (Fsp3) is 0.333. The Balaban J connectivity index is 1.88. The Morgan fingerprint density at radius 1 is 1.04 bits per heavy atom. The molecule has 2 heterocycles. The summed E-state index contributed by atoms with van der Waals surface area (Å²) in [4.78, 5) is 23.9. The molecule has 136 valence electrons. The first kappa shape index (κ1) is 18.6. The molecule has 0 saturated heterocycles. The highest BCUT2D eigenvalue weighted by Gasteiger charge is 2.28. The quantitative estimate of drug-likeness (QED) is 0.683. The highest BCUT2D eigenvalue weighted by Crippen LogP contribution is 2.11. The van der Waals surface area contributed by atoms with Crippen molar-refractivity contribution in [1.82, 2.24) is 10.6 Å². The molecule has 2 aromatic rings. The monoisotopic (exact) mass is 360 g/mol. The Kier molecular flexibility index (Phi) is 6.23. The first-order chi connectivity index (χ1) is 11.8. The van der Waals surface area contributed by atoms with Crippen molar-refractivity contribution in [2.75, 3.05) is 13.1 Å². The molecule has 10 heteroatoms. The van der Waals surface area contributed by atoms with Crippen LogP contribution in [0.25, 0.3) is 0 Å². The fourth-order valence-electron chi connectivity index (χ4n) is 2.13. The summed E-state index contributed by atoms with van der Waals surface area (Å²) in [7, 11) is 0. The highest BCUT2D eigenvalue weighted by atomic mass is 19.4. The second-order valence-corrected chi connectivity index (χ2v) is 5.29. The van der Waals surface area contributed by atoms with Gasteiger partial charge in [-0.3, -0.25) is 10.1 Å². The SMILES string of the molecule is O=C(C[NH+](Cc1ccco1)Cc1ccco1)NC(=O)NCC(F)(F)F. The van der Waals surface area contributed by atoms with Crippen LogP contribution in [0.2, 0.25) is 0 Å². The summed E-state index contributed by atoms with van der Waals surface area (Å²) in [6.45, 7) is -0.987. The van der Waals surface area contributed by atoms with Crippen molar-refractivity contribution in [2.45, 2.75) is 19.3 Å². The lowest BCUT2D eigenvalue weighted by Crippen LogP contribution is -3.10. The summed E-state index contributed by atoms with van der Waals surface area (Å²) >= 11 is 0. The molecule has 2 aromatic heterocycles. The van der Waals surface area contributed by atoms with Crippen LogP contribution >= 0.6 is 0 Å². The maximum atomic E-state index is 12.0. The van der Waals surface area contributed by atoms with Crippen LogP contribution in [0.15, 0.2) is 45.6 Å². The van der Waals surface area contributed by atoms with Gasteiger partial charge in [-0.1, -0.05) is 0 Å². The summed E-state index contributed by atoms with van der Waals surface area (Å²) in [5, 5.41) is 3.45. The van der Waals surface area contributed by atoms with Gasteiger partial charge in [0.25, 0.3) is 5.91 Å². The van der Waals surface area contributed by atoms with Crippen molar-refractivity contribution >= 4 is 11.9 Å². The van der Waals surface area contributed by atoms with Crippen LogP contribution in [0.4, 0.5) is 18.0 Å². The van der Waals surface area contributed by atoms with Crippen LogP contribution in [0.5, 0.6) is 0 Å². The predicted octanol–water partition coefficient (Wildman–Crippen LogP) is 0.846. The maximum absolute atomic E-state index is 12.0. The average molecular weight is 360 g/mol. The largest absolute Gasteiger partial charge is 0.463 e. The minimum atomic E-state index is -4.55. The van der Waals surface area contributed by atoms with Crippen LogP contribution in [-0.4, -0.2) is 31.2 Å². The van der Waals surface area contributed by atoms with Gasteiger partial charge in [0.05, 0.1) is 12.5 Å². The number of hydrogen-bond acceptors (Lipinski definition) is 4. The van der Waals surface area contributed by atoms with Crippen molar-refractivity contribution in [3.05, 3.63) is 48.3 Å². The van der Waals surface area contributed by atoms with Gasteiger partial charge in [-0.05, 0) is 24.3 Å². The molecule has 0 aliphatic heterocycles. The van der Waals surface area contributed by atoms with Crippen molar-refractivity contribution in [3.63, 3.8) is 0 Å². The van der Waals surface area contributed by atoms with Gasteiger partial charge in [-0.15, -0.1) is 0 Å². The topological polar surface area (TPSA) is 88.9 Å². The van der Waals surface area contributed by atoms with Crippen LogP contribution in [0.1, 0.15) is 11.5 Å². The van der Waals surface area contributed by atoms with Crippen molar-refractivity contribution in [1.29, 1.82) is 0 Å². The van der Waals surface area contributed by atoms with Crippen molar-refractivity contribution in [3.8, 4) is 0 Å². The third kappa shape index (κ3) is 7.12. The molecule has 3 N–H and O–H groups in total. The number of quaternary nitrogens is 1. The number of hydrogen-bond donors (Lipinski definition) is 3. The molecular formula is C15H17F3N3O4+. The van der Waals surface area contributed by atoms with E-state index >= 15 is 0 Å². The van der Waals surface area contributed by atoms with E-state index in [1.807, 2.05) is 5.32 Å². The van der Waals surface area contributed by atoms with Gasteiger partial charge in [0.15, 0.2) is 18.1 Å². The standard InChI is InChI=1S/C15H16F3N3O4/c16-15(17,18)10-19-14(23)20-13(22)9-21(7-11-3-1-5-24-11)8-12-4-2-6-25-12/h1-6H,7-10H2,(H2,19,20,22,23)/p+1. The molecule has 0 fully saturated rings. The number of furan rings is 2. The second kappa shape index (κ2) is 8.38. The summed E-state index contributed by atoms with van der Waals surface area (Å²) in [6.07, 6.45) is -1.56. The van der Waals surface area contributed by atoms with Gasteiger partial charge in [-0.2, -0.15) is 13.2 Å². The van der Waals surface area contributed by atoms with E-state index < -0.39 is 24.7 Å². The summed E-state index contributed by atoms with van der Waals surface area (Å²) in [6, 6.07) is 5.67. The number of carbonyl (C=O) groups excluding carboxylic acids is 2. The Morgan fingerprint density at radius 3 is 2.04 bits per heavy atom. The number of nitrogens with one attached hydrogen (secondary N) is 3. The number of amides is 3. The Bertz CT molecular complexity index is 633. The lowest BCUT2D eigenvalue weighted by atomic mass is 10.3. The normalized spacial score (nSPS) is 11.5. The van der Waals surface area contributed by atoms with E-state index in [0.717, 1.165) is 0 Å². The molecule has 7 nitrogen and oxygen atoms in total. The Morgan fingerprint density at radius 2 is 1.60 bits per heavy atom. The minimum Gasteiger partial charge on any atom is -0.463 e. The maximum Gasteiger partial charge on any atom is 0.405 e. The fourth-order valence-corrected chi connectivity index (χ4v) is 2.13. The zero-order valence-corrected chi connectivity index (χ0v) is 13.1. The van der Waals surface area contributed by atoms with Crippen LogP contribution in [0.3, 0.4) is 0 Å². The average Bonchev–Trinajstić information content (AvgIpc) is 3.18. The van der Waals surface area contributed by atoms with Crippen molar-refractivity contribution < 1.29 is 36.5 Å². The van der Waals surface area contributed by atoms with Gasteiger partial charge in [0.1, 0.15) is 19.6 Å². The predicted molar refractivity (Wildman–Crippen MR) is 78.3 cm³/mol. The molecule has 0 saturated carbocycles. The van der Waals surface area contributed by atoms with Crippen molar-refractivity contribution in [2.24, 2.45) is 0 Å². The van der Waals surface area contributed by atoms with Gasteiger partial charge < -0.3 is 19.1 Å². The molecule has 0 aromatic carbocycles. The Labute approximate surface area is 140 Å². The third-order valence-electron chi connectivity index (χ3n) is 3.12. The number of alkyl halides is 3. The molecule has 0 atom stereocenters. The lowest BCUT2D eigenvalue weighted by Gasteiger charge is -2.17. The Hall–Kier alpha value is -2.75. The van der Waals surface area contributed by atoms with E-state index in [1.54, 1.807) is 29.6 Å². The van der Waals surface area contributed by atoms with E-state index in [9.17, 15) is 22.8 Å². The van der Waals surface area contributed by atoms with E-state index in [2.05, 4.69) is 0 Å². The molecule has 0 aliphatic rings. The first-order valence-corrected chi connectivity index (χ1v) is 7.34. The van der Waals surface area contributed by atoms with Crippen LogP contribution in [0, 0.1) is 0 Å². The van der Waals surface area contributed by atoms with Gasteiger partial charge in [-0.25, -0.2) is 4.79 Å². The number of urea groups is 1. The molecule has 3 amide bonds. The third-order valence-corrected chi connectivity index (χ3v) is 3.12. The molecule has 2 rings (SSSR count). The molecule has 0 radical (unpaired) electrons. The highest BCUT2D eigenvalue weighted by molar-refractivity contribution is 5.94. The number of imide groups is 1. The van der Waals surface area contributed by atoms with E-state index in [0.29, 0.717) is 29.5 Å². The molecule has 0 bridgehead atoms. The van der Waals surface area contributed by atoms with Gasteiger partial charge >= 0.3 is 12.2 Å². The van der Waals surface area contributed by atoms with E-state index in [-0.39, 0.29) is 6.54 Å².